The molecule has 0 radical (unpaired) electrons. The third-order valence-electron chi connectivity index (χ3n) is 3.18. The molecular weight excluding hydrogens is 276 g/mol. The number of carbonyl (C=O) groups excluding carboxylic acids is 1. The Kier molecular flexibility index (Phi) is 3.05. The number of nitro benzene ring substituents is 1. The van der Waals surface area contributed by atoms with Gasteiger partial charge in [-0.3, -0.25) is 14.9 Å². The topological polar surface area (TPSA) is 110 Å². The third-order valence-corrected chi connectivity index (χ3v) is 3.18. The van der Waals surface area contributed by atoms with Crippen LogP contribution in [-0.4, -0.2) is 16.0 Å². The zero-order valence-corrected chi connectivity index (χ0v) is 11.2. The first-order valence-electron chi connectivity index (χ1n) is 6.30. The summed E-state index contributed by atoms with van der Waals surface area (Å²) in [7, 11) is 0. The van der Waals surface area contributed by atoms with Crippen LogP contribution in [-0.2, 0) is 17.8 Å². The standard InChI is InChI=1S/C13H12N4O4/c1-7-2-9(16-21-7)6-14-11-5-10-8(4-13(18)15-10)3-12(11)17(19)20/h2-3,5,14H,4,6H2,1H3,(H,15,18). The molecule has 1 aliphatic rings. The van der Waals surface area contributed by atoms with E-state index in [0.717, 1.165) is 0 Å². The number of amides is 1. The number of hydrogen-bond acceptors (Lipinski definition) is 6. The predicted molar refractivity (Wildman–Crippen MR) is 74.0 cm³/mol. The van der Waals surface area contributed by atoms with Crippen LogP contribution in [0.3, 0.4) is 0 Å². The quantitative estimate of drug-likeness (QED) is 0.657. The molecule has 2 N–H and O–H groups in total. The van der Waals surface area contributed by atoms with Gasteiger partial charge in [-0.1, -0.05) is 5.16 Å². The van der Waals surface area contributed by atoms with E-state index in [4.69, 9.17) is 4.52 Å². The van der Waals surface area contributed by atoms with Crippen LogP contribution in [0.1, 0.15) is 17.0 Å². The lowest BCUT2D eigenvalue weighted by atomic mass is 10.1. The Morgan fingerprint density at radius 1 is 1.48 bits per heavy atom. The maximum atomic E-state index is 11.4. The number of aryl methyl sites for hydroxylation is 1. The second kappa shape index (κ2) is 4.89. The first-order chi connectivity index (χ1) is 10.0. The molecule has 0 bridgehead atoms. The SMILES string of the molecule is Cc1cc(CNc2cc3c(cc2[N+](=O)[O-])CC(=O)N3)no1. The van der Waals surface area contributed by atoms with Crippen molar-refractivity contribution in [1.29, 1.82) is 0 Å². The van der Waals surface area contributed by atoms with E-state index in [9.17, 15) is 14.9 Å². The molecule has 3 rings (SSSR count). The Hall–Kier alpha value is -2.90. The summed E-state index contributed by atoms with van der Waals surface area (Å²) in [4.78, 5) is 22.0. The second-order valence-corrected chi connectivity index (χ2v) is 4.79. The number of nitrogens with zero attached hydrogens (tertiary/aromatic N) is 2. The molecule has 0 atom stereocenters. The van der Waals surface area contributed by atoms with Crippen LogP contribution in [0.4, 0.5) is 17.1 Å². The van der Waals surface area contributed by atoms with Crippen LogP contribution in [0.25, 0.3) is 0 Å². The van der Waals surface area contributed by atoms with E-state index in [1.165, 1.54) is 6.07 Å². The molecule has 1 aliphatic heterocycles. The van der Waals surface area contributed by atoms with Crippen molar-refractivity contribution in [3.05, 3.63) is 45.3 Å². The van der Waals surface area contributed by atoms with Crippen molar-refractivity contribution in [3.63, 3.8) is 0 Å². The zero-order chi connectivity index (χ0) is 15.0. The van der Waals surface area contributed by atoms with Gasteiger partial charge in [-0.2, -0.15) is 0 Å². The number of aromatic nitrogens is 1. The van der Waals surface area contributed by atoms with E-state index in [1.807, 2.05) is 0 Å². The van der Waals surface area contributed by atoms with Crippen molar-refractivity contribution < 1.29 is 14.2 Å². The van der Waals surface area contributed by atoms with Crippen molar-refractivity contribution >= 4 is 23.0 Å². The number of nitro groups is 1. The minimum atomic E-state index is -0.473. The molecule has 8 nitrogen and oxygen atoms in total. The maximum absolute atomic E-state index is 11.4. The highest BCUT2D eigenvalue weighted by molar-refractivity contribution is 6.00. The van der Waals surface area contributed by atoms with Crippen LogP contribution in [0.2, 0.25) is 0 Å². The molecular formula is C13H12N4O4. The fraction of sp³-hybridized carbons (Fsp3) is 0.231. The fourth-order valence-corrected chi connectivity index (χ4v) is 2.24. The Labute approximate surface area is 119 Å². The van der Waals surface area contributed by atoms with Crippen LogP contribution < -0.4 is 10.6 Å². The van der Waals surface area contributed by atoms with E-state index < -0.39 is 4.92 Å². The van der Waals surface area contributed by atoms with E-state index in [0.29, 0.717) is 34.9 Å². The number of anilines is 2. The number of rotatable bonds is 4. The highest BCUT2D eigenvalue weighted by atomic mass is 16.6. The maximum Gasteiger partial charge on any atom is 0.292 e. The second-order valence-electron chi connectivity index (χ2n) is 4.79. The molecule has 1 aromatic carbocycles. The monoisotopic (exact) mass is 288 g/mol. The van der Waals surface area contributed by atoms with Crippen LogP contribution in [0, 0.1) is 17.0 Å². The van der Waals surface area contributed by atoms with Crippen molar-refractivity contribution in [3.8, 4) is 0 Å². The molecule has 8 heteroatoms. The van der Waals surface area contributed by atoms with E-state index in [2.05, 4.69) is 15.8 Å². The van der Waals surface area contributed by atoms with Gasteiger partial charge >= 0.3 is 0 Å². The minimum Gasteiger partial charge on any atom is -0.374 e. The van der Waals surface area contributed by atoms with E-state index in [1.54, 1.807) is 19.1 Å². The molecule has 0 fully saturated rings. The summed E-state index contributed by atoms with van der Waals surface area (Å²) >= 11 is 0. The summed E-state index contributed by atoms with van der Waals surface area (Å²) in [6, 6.07) is 4.74. The van der Waals surface area contributed by atoms with Crippen molar-refractivity contribution in [1.82, 2.24) is 5.16 Å². The largest absolute Gasteiger partial charge is 0.374 e. The molecule has 0 aliphatic carbocycles. The Morgan fingerprint density at radius 3 is 2.95 bits per heavy atom. The van der Waals surface area contributed by atoms with Crippen LogP contribution >= 0.6 is 0 Å². The Morgan fingerprint density at radius 2 is 2.29 bits per heavy atom. The molecule has 1 aromatic heterocycles. The lowest BCUT2D eigenvalue weighted by Gasteiger charge is -2.07. The van der Waals surface area contributed by atoms with Gasteiger partial charge in [-0.25, -0.2) is 0 Å². The average molecular weight is 288 g/mol. The molecule has 2 aromatic rings. The van der Waals surface area contributed by atoms with Crippen molar-refractivity contribution in [2.24, 2.45) is 0 Å². The number of carbonyl (C=O) groups is 1. The van der Waals surface area contributed by atoms with E-state index in [-0.39, 0.29) is 18.0 Å². The highest BCUT2D eigenvalue weighted by Gasteiger charge is 2.24. The van der Waals surface area contributed by atoms with Crippen molar-refractivity contribution in [2.45, 2.75) is 19.9 Å². The number of fused-ring (bicyclic) bond motifs is 1. The normalized spacial score (nSPS) is 12.9. The van der Waals surface area contributed by atoms with E-state index >= 15 is 0 Å². The van der Waals surface area contributed by atoms with Gasteiger partial charge in [0.2, 0.25) is 5.91 Å². The molecule has 0 saturated heterocycles. The highest BCUT2D eigenvalue weighted by Crippen LogP contribution is 2.34. The fourth-order valence-electron chi connectivity index (χ4n) is 2.24. The van der Waals surface area contributed by atoms with Gasteiger partial charge in [0.1, 0.15) is 17.1 Å². The molecule has 2 heterocycles. The summed E-state index contributed by atoms with van der Waals surface area (Å²) in [5, 5.41) is 20.6. The summed E-state index contributed by atoms with van der Waals surface area (Å²) < 4.78 is 4.94. The third kappa shape index (κ3) is 2.55. The first-order valence-corrected chi connectivity index (χ1v) is 6.30. The average Bonchev–Trinajstić information content (AvgIpc) is 2.99. The molecule has 108 valence electrons. The molecule has 1 amide bonds. The van der Waals surface area contributed by atoms with Crippen LogP contribution in [0.5, 0.6) is 0 Å². The van der Waals surface area contributed by atoms with Gasteiger partial charge in [-0.15, -0.1) is 0 Å². The number of benzene rings is 1. The zero-order valence-electron chi connectivity index (χ0n) is 11.2. The Balaban J connectivity index is 1.88. The minimum absolute atomic E-state index is 0.0644. The lowest BCUT2D eigenvalue weighted by Crippen LogP contribution is -2.04. The van der Waals surface area contributed by atoms with Crippen molar-refractivity contribution in [2.75, 3.05) is 10.6 Å². The molecule has 0 spiro atoms. The first kappa shape index (κ1) is 13.1. The predicted octanol–water partition coefficient (Wildman–Crippen LogP) is 2.00. The van der Waals surface area contributed by atoms with Gasteiger partial charge in [0.25, 0.3) is 5.69 Å². The molecule has 0 saturated carbocycles. The van der Waals surface area contributed by atoms with Gasteiger partial charge in [0.05, 0.1) is 17.9 Å². The summed E-state index contributed by atoms with van der Waals surface area (Å²) in [5.41, 5.74) is 2.15. The van der Waals surface area contributed by atoms with Gasteiger partial charge in [0.15, 0.2) is 0 Å². The molecule has 0 unspecified atom stereocenters. The van der Waals surface area contributed by atoms with Crippen LogP contribution in [0.15, 0.2) is 22.7 Å². The number of hydrogen-bond donors (Lipinski definition) is 2. The molecule has 21 heavy (non-hydrogen) atoms. The summed E-state index contributed by atoms with van der Waals surface area (Å²) in [5.74, 6) is 0.506. The van der Waals surface area contributed by atoms with Gasteiger partial charge in [-0.05, 0) is 18.6 Å². The van der Waals surface area contributed by atoms with Gasteiger partial charge in [0, 0.05) is 17.8 Å². The smallest absolute Gasteiger partial charge is 0.292 e. The van der Waals surface area contributed by atoms with Gasteiger partial charge < -0.3 is 15.2 Å². The summed E-state index contributed by atoms with van der Waals surface area (Å²) in [6.07, 6.45) is 0.166. The lowest BCUT2D eigenvalue weighted by molar-refractivity contribution is -0.384. The Bertz CT molecular complexity index is 738. The summed E-state index contributed by atoms with van der Waals surface area (Å²) in [6.45, 7) is 2.06. The number of nitrogens with one attached hydrogen (secondary N) is 2.